The fraction of sp³-hybridized carbons (Fsp3) is 0.500. The molecular weight excluding hydrogens is 371 g/mol. The van der Waals surface area contributed by atoms with E-state index in [9.17, 15) is 14.0 Å². The Bertz CT molecular complexity index is 912. The largest absolute Gasteiger partial charge is 0.342 e. The number of fused-ring (bicyclic) bond motifs is 1. The molecule has 1 aromatic heterocycles. The van der Waals surface area contributed by atoms with Gasteiger partial charge in [-0.05, 0) is 17.7 Å². The van der Waals surface area contributed by atoms with Crippen molar-refractivity contribution in [2.45, 2.75) is 39.3 Å². The van der Waals surface area contributed by atoms with Gasteiger partial charge in [-0.3, -0.25) is 9.59 Å². The van der Waals surface area contributed by atoms with Crippen LogP contribution in [0.3, 0.4) is 0 Å². The highest BCUT2D eigenvalue weighted by molar-refractivity contribution is 5.77. The standard InChI is InChI=1S/C22H27FN4O2/c1-3-20-24-8-10-25(20)9-7-21(29)26-12-17-13-27(15(2)28)22(19(17)14-26)16-5-4-6-18(23)11-16/h4-6,8,10-11,17,19,22H,3,7,9,12-14H2,1-2H3/t17-,19-,22-/m1/s1. The van der Waals surface area contributed by atoms with Gasteiger partial charge in [-0.1, -0.05) is 19.1 Å². The molecule has 2 aliphatic rings. The lowest BCUT2D eigenvalue weighted by Gasteiger charge is -2.29. The van der Waals surface area contributed by atoms with Crippen molar-refractivity contribution in [3.05, 3.63) is 53.9 Å². The zero-order valence-corrected chi connectivity index (χ0v) is 16.9. The summed E-state index contributed by atoms with van der Waals surface area (Å²) in [6, 6.07) is 6.32. The molecule has 2 aromatic rings. The summed E-state index contributed by atoms with van der Waals surface area (Å²) in [7, 11) is 0. The number of aryl methyl sites for hydroxylation is 2. The molecule has 0 radical (unpaired) electrons. The van der Waals surface area contributed by atoms with Crippen molar-refractivity contribution in [2.75, 3.05) is 19.6 Å². The number of rotatable bonds is 5. The van der Waals surface area contributed by atoms with Gasteiger partial charge in [0.1, 0.15) is 11.6 Å². The number of benzene rings is 1. The van der Waals surface area contributed by atoms with E-state index in [4.69, 9.17) is 0 Å². The van der Waals surface area contributed by atoms with Crippen molar-refractivity contribution in [1.29, 1.82) is 0 Å². The van der Waals surface area contributed by atoms with E-state index in [1.807, 2.05) is 26.6 Å². The molecule has 154 valence electrons. The molecular formula is C22H27FN4O2. The number of carbonyl (C=O) groups excluding carboxylic acids is 2. The van der Waals surface area contributed by atoms with Crippen LogP contribution in [0.15, 0.2) is 36.7 Å². The zero-order valence-electron chi connectivity index (χ0n) is 16.9. The average Bonchev–Trinajstić information content (AvgIpc) is 3.39. The van der Waals surface area contributed by atoms with Crippen LogP contribution >= 0.6 is 0 Å². The predicted octanol–water partition coefficient (Wildman–Crippen LogP) is 2.65. The minimum atomic E-state index is -0.299. The number of halogens is 1. The first-order valence-corrected chi connectivity index (χ1v) is 10.3. The third kappa shape index (κ3) is 3.78. The number of imidazole rings is 1. The van der Waals surface area contributed by atoms with Crippen LogP contribution in [0.5, 0.6) is 0 Å². The minimum Gasteiger partial charge on any atom is -0.342 e. The van der Waals surface area contributed by atoms with Gasteiger partial charge in [-0.15, -0.1) is 0 Å². The molecule has 2 saturated heterocycles. The third-order valence-corrected chi connectivity index (χ3v) is 6.30. The van der Waals surface area contributed by atoms with Crippen molar-refractivity contribution in [3.63, 3.8) is 0 Å². The predicted molar refractivity (Wildman–Crippen MR) is 106 cm³/mol. The summed E-state index contributed by atoms with van der Waals surface area (Å²) in [4.78, 5) is 33.1. The van der Waals surface area contributed by atoms with Gasteiger partial charge in [-0.2, -0.15) is 0 Å². The van der Waals surface area contributed by atoms with E-state index in [0.29, 0.717) is 32.6 Å². The highest BCUT2D eigenvalue weighted by Gasteiger charge is 2.49. The van der Waals surface area contributed by atoms with Gasteiger partial charge in [0.05, 0.1) is 6.04 Å². The molecule has 7 heteroatoms. The average molecular weight is 398 g/mol. The van der Waals surface area contributed by atoms with Gasteiger partial charge in [0, 0.05) is 70.2 Å². The zero-order chi connectivity index (χ0) is 20.5. The van der Waals surface area contributed by atoms with Gasteiger partial charge in [0.15, 0.2) is 0 Å². The number of aromatic nitrogens is 2. The van der Waals surface area contributed by atoms with Crippen LogP contribution in [0, 0.1) is 17.7 Å². The molecule has 0 bridgehead atoms. The number of nitrogens with zero attached hydrogens (tertiary/aromatic N) is 4. The van der Waals surface area contributed by atoms with Crippen molar-refractivity contribution in [1.82, 2.24) is 19.4 Å². The lowest BCUT2D eigenvalue weighted by atomic mass is 9.89. The molecule has 6 nitrogen and oxygen atoms in total. The van der Waals surface area contributed by atoms with Gasteiger partial charge in [0.2, 0.25) is 11.8 Å². The molecule has 2 aliphatic heterocycles. The van der Waals surface area contributed by atoms with Gasteiger partial charge in [-0.25, -0.2) is 9.37 Å². The summed E-state index contributed by atoms with van der Waals surface area (Å²) < 4.78 is 15.8. The Balaban J connectivity index is 1.46. The second-order valence-electron chi connectivity index (χ2n) is 8.03. The molecule has 2 fully saturated rings. The van der Waals surface area contributed by atoms with Crippen molar-refractivity contribution in [3.8, 4) is 0 Å². The third-order valence-electron chi connectivity index (χ3n) is 6.30. The van der Waals surface area contributed by atoms with Crippen LogP contribution in [0.2, 0.25) is 0 Å². The lowest BCUT2D eigenvalue weighted by Crippen LogP contribution is -2.36. The van der Waals surface area contributed by atoms with Crippen LogP contribution in [-0.2, 0) is 22.6 Å². The van der Waals surface area contributed by atoms with Crippen molar-refractivity contribution < 1.29 is 14.0 Å². The van der Waals surface area contributed by atoms with Crippen LogP contribution < -0.4 is 0 Å². The summed E-state index contributed by atoms with van der Waals surface area (Å²) in [6.45, 7) is 6.12. The van der Waals surface area contributed by atoms with E-state index in [1.165, 1.54) is 12.1 Å². The smallest absolute Gasteiger partial charge is 0.224 e. The number of hydrogen-bond donors (Lipinski definition) is 0. The quantitative estimate of drug-likeness (QED) is 0.778. The summed E-state index contributed by atoms with van der Waals surface area (Å²) in [5.74, 6) is 1.19. The Morgan fingerprint density at radius 3 is 2.79 bits per heavy atom. The highest BCUT2D eigenvalue weighted by atomic mass is 19.1. The highest BCUT2D eigenvalue weighted by Crippen LogP contribution is 2.45. The Kier molecular flexibility index (Phi) is 5.39. The molecule has 3 atom stereocenters. The molecule has 0 aliphatic carbocycles. The molecule has 0 saturated carbocycles. The first kappa shape index (κ1) is 19.6. The fourth-order valence-corrected chi connectivity index (χ4v) is 4.92. The number of amides is 2. The van der Waals surface area contributed by atoms with E-state index in [1.54, 1.807) is 19.2 Å². The maximum Gasteiger partial charge on any atom is 0.224 e. The molecule has 3 heterocycles. The number of carbonyl (C=O) groups is 2. The first-order valence-electron chi connectivity index (χ1n) is 10.3. The number of likely N-dealkylation sites (tertiary alicyclic amines) is 2. The summed E-state index contributed by atoms with van der Waals surface area (Å²) in [5.41, 5.74) is 0.813. The Morgan fingerprint density at radius 1 is 1.24 bits per heavy atom. The van der Waals surface area contributed by atoms with Gasteiger partial charge >= 0.3 is 0 Å². The maximum absolute atomic E-state index is 13.8. The molecule has 4 rings (SSSR count). The molecule has 0 N–H and O–H groups in total. The fourth-order valence-electron chi connectivity index (χ4n) is 4.92. The van der Waals surface area contributed by atoms with Crippen molar-refractivity contribution in [2.24, 2.45) is 11.8 Å². The molecule has 2 amide bonds. The van der Waals surface area contributed by atoms with Gasteiger partial charge in [0.25, 0.3) is 0 Å². The van der Waals surface area contributed by atoms with E-state index in [-0.39, 0.29) is 35.5 Å². The molecule has 1 aromatic carbocycles. The van der Waals surface area contributed by atoms with E-state index in [0.717, 1.165) is 17.8 Å². The van der Waals surface area contributed by atoms with E-state index in [2.05, 4.69) is 11.9 Å². The van der Waals surface area contributed by atoms with Gasteiger partial charge < -0.3 is 14.4 Å². The Hall–Kier alpha value is -2.70. The van der Waals surface area contributed by atoms with Crippen LogP contribution in [0.1, 0.15) is 37.7 Å². The Morgan fingerprint density at radius 2 is 2.07 bits per heavy atom. The first-order chi connectivity index (χ1) is 14.0. The maximum atomic E-state index is 13.8. The Labute approximate surface area is 170 Å². The van der Waals surface area contributed by atoms with E-state index < -0.39 is 0 Å². The lowest BCUT2D eigenvalue weighted by molar-refractivity contribution is -0.132. The summed E-state index contributed by atoms with van der Waals surface area (Å²) in [5, 5.41) is 0. The minimum absolute atomic E-state index is 0.00117. The topological polar surface area (TPSA) is 58.4 Å². The van der Waals surface area contributed by atoms with Crippen LogP contribution in [0.25, 0.3) is 0 Å². The van der Waals surface area contributed by atoms with E-state index >= 15 is 0 Å². The summed E-state index contributed by atoms with van der Waals surface area (Å²) >= 11 is 0. The molecule has 0 unspecified atom stereocenters. The second kappa shape index (κ2) is 7.97. The number of hydrogen-bond acceptors (Lipinski definition) is 3. The second-order valence-corrected chi connectivity index (χ2v) is 8.03. The molecule has 29 heavy (non-hydrogen) atoms. The van der Waals surface area contributed by atoms with Crippen LogP contribution in [-0.4, -0.2) is 50.8 Å². The van der Waals surface area contributed by atoms with Crippen molar-refractivity contribution >= 4 is 11.8 Å². The normalized spacial score (nSPS) is 23.5. The molecule has 0 spiro atoms. The summed E-state index contributed by atoms with van der Waals surface area (Å²) in [6.07, 6.45) is 4.95. The SMILES string of the molecule is CCc1nccn1CCC(=O)N1C[C@@H]2CN(C(C)=O)[C@H](c3cccc(F)c3)[C@@H]2C1. The monoisotopic (exact) mass is 398 g/mol. The van der Waals surface area contributed by atoms with Crippen LogP contribution in [0.4, 0.5) is 4.39 Å².